The molecule has 1 atom stereocenters. The lowest BCUT2D eigenvalue weighted by Crippen LogP contribution is -2.40. The molecule has 4 rings (SSSR count). The fraction of sp³-hybridized carbons (Fsp3) is 0.348. The summed E-state index contributed by atoms with van der Waals surface area (Å²) < 4.78 is 12.2. The van der Waals surface area contributed by atoms with E-state index in [4.69, 9.17) is 9.15 Å². The maximum absolute atomic E-state index is 13.1. The van der Waals surface area contributed by atoms with Crippen molar-refractivity contribution in [2.75, 3.05) is 13.1 Å². The van der Waals surface area contributed by atoms with Gasteiger partial charge in [0, 0.05) is 25.2 Å². The van der Waals surface area contributed by atoms with Crippen LogP contribution in [0.3, 0.4) is 0 Å². The second kappa shape index (κ2) is 8.98. The molecule has 3 aromatic rings. The highest BCUT2D eigenvalue weighted by molar-refractivity contribution is 5.85. The smallest absolute Gasteiger partial charge is 0.419 e. The molecule has 0 spiro atoms. The van der Waals surface area contributed by atoms with Crippen molar-refractivity contribution in [2.45, 2.75) is 38.3 Å². The van der Waals surface area contributed by atoms with Gasteiger partial charge in [0.1, 0.15) is 0 Å². The quantitative estimate of drug-likeness (QED) is 0.585. The van der Waals surface area contributed by atoms with Crippen LogP contribution in [0.4, 0.5) is 0 Å². The molecule has 30 heavy (non-hydrogen) atoms. The number of rotatable bonds is 6. The molecule has 1 aliphatic heterocycles. The molecular formula is C23H24N2O5. The Bertz CT molecular complexity index is 1080. The lowest BCUT2D eigenvalue weighted by Gasteiger charge is -2.30. The Morgan fingerprint density at radius 3 is 2.43 bits per heavy atom. The number of benzene rings is 2. The molecule has 0 saturated carbocycles. The number of hydrogen-bond donors (Lipinski definition) is 0. The minimum absolute atomic E-state index is 0.0416. The summed E-state index contributed by atoms with van der Waals surface area (Å²) in [5, 5.41) is 0. The fourth-order valence-corrected chi connectivity index (χ4v) is 3.79. The number of esters is 1. The van der Waals surface area contributed by atoms with E-state index in [1.165, 1.54) is 4.57 Å². The number of likely N-dealkylation sites (tertiary alicyclic amines) is 1. The predicted octanol–water partition coefficient (Wildman–Crippen LogP) is 3.28. The average Bonchev–Trinajstić information content (AvgIpc) is 3.11. The van der Waals surface area contributed by atoms with Crippen LogP contribution >= 0.6 is 0 Å². The van der Waals surface area contributed by atoms with Crippen molar-refractivity contribution in [1.29, 1.82) is 0 Å². The Kier molecular flexibility index (Phi) is 5.97. The summed E-state index contributed by atoms with van der Waals surface area (Å²) in [6.45, 7) is 1.47. The van der Waals surface area contributed by atoms with Gasteiger partial charge in [-0.25, -0.2) is 4.79 Å². The van der Waals surface area contributed by atoms with Crippen LogP contribution in [0, 0.1) is 0 Å². The molecule has 0 radical (unpaired) electrons. The number of piperidine rings is 1. The lowest BCUT2D eigenvalue weighted by molar-refractivity contribution is -0.161. The number of amides is 1. The molecule has 7 heteroatoms. The van der Waals surface area contributed by atoms with Crippen LogP contribution in [0.2, 0.25) is 0 Å². The third kappa shape index (κ3) is 4.30. The van der Waals surface area contributed by atoms with Crippen LogP contribution in [0.5, 0.6) is 0 Å². The number of carbonyl (C=O) groups is 2. The molecular weight excluding hydrogens is 384 g/mol. The Labute approximate surface area is 173 Å². The molecule has 0 bridgehead atoms. The van der Waals surface area contributed by atoms with E-state index in [0.717, 1.165) is 19.3 Å². The lowest BCUT2D eigenvalue weighted by atomic mass is 10.1. The van der Waals surface area contributed by atoms with Gasteiger partial charge in [0.25, 0.3) is 5.91 Å². The van der Waals surface area contributed by atoms with Crippen molar-refractivity contribution in [3.8, 4) is 0 Å². The third-order valence-electron chi connectivity index (χ3n) is 5.36. The fourth-order valence-electron chi connectivity index (χ4n) is 3.79. The molecule has 156 valence electrons. The SMILES string of the molecule is O=C(CCn1c(=O)oc2ccccc21)O[C@@H](C(=O)N1CCCCC1)c1ccccc1. The van der Waals surface area contributed by atoms with Crippen molar-refractivity contribution >= 4 is 23.0 Å². The number of hydrogen-bond acceptors (Lipinski definition) is 5. The molecule has 7 nitrogen and oxygen atoms in total. The molecule has 1 aliphatic rings. The highest BCUT2D eigenvalue weighted by Crippen LogP contribution is 2.23. The molecule has 1 amide bonds. The molecule has 1 fully saturated rings. The number of aryl methyl sites for hydroxylation is 1. The summed E-state index contributed by atoms with van der Waals surface area (Å²) in [4.78, 5) is 39.6. The van der Waals surface area contributed by atoms with Crippen LogP contribution in [-0.4, -0.2) is 34.4 Å². The zero-order valence-corrected chi connectivity index (χ0v) is 16.7. The zero-order valence-electron chi connectivity index (χ0n) is 16.7. The number of para-hydroxylation sites is 2. The van der Waals surface area contributed by atoms with Gasteiger partial charge in [-0.15, -0.1) is 0 Å². The maximum Gasteiger partial charge on any atom is 0.419 e. The van der Waals surface area contributed by atoms with Gasteiger partial charge in [-0.05, 0) is 31.4 Å². The summed E-state index contributed by atoms with van der Waals surface area (Å²) >= 11 is 0. The van der Waals surface area contributed by atoms with E-state index in [1.54, 1.807) is 41.3 Å². The van der Waals surface area contributed by atoms with Crippen molar-refractivity contribution in [3.05, 3.63) is 70.7 Å². The molecule has 1 saturated heterocycles. The van der Waals surface area contributed by atoms with Gasteiger partial charge in [0.2, 0.25) is 6.10 Å². The van der Waals surface area contributed by atoms with Crippen LogP contribution in [0.1, 0.15) is 37.4 Å². The highest BCUT2D eigenvalue weighted by atomic mass is 16.5. The van der Waals surface area contributed by atoms with E-state index in [-0.39, 0.29) is 18.9 Å². The topological polar surface area (TPSA) is 81.7 Å². The molecule has 0 N–H and O–H groups in total. The van der Waals surface area contributed by atoms with E-state index in [1.807, 2.05) is 18.2 Å². The number of carbonyl (C=O) groups excluding carboxylic acids is 2. The van der Waals surface area contributed by atoms with Crippen molar-refractivity contribution < 1.29 is 18.7 Å². The Morgan fingerprint density at radius 2 is 1.67 bits per heavy atom. The minimum atomic E-state index is -0.977. The third-order valence-corrected chi connectivity index (χ3v) is 5.36. The Morgan fingerprint density at radius 1 is 0.967 bits per heavy atom. The van der Waals surface area contributed by atoms with E-state index in [2.05, 4.69) is 0 Å². The normalized spacial score (nSPS) is 15.1. The zero-order chi connectivity index (χ0) is 20.9. The van der Waals surface area contributed by atoms with Crippen LogP contribution in [-0.2, 0) is 20.9 Å². The monoisotopic (exact) mass is 408 g/mol. The van der Waals surface area contributed by atoms with E-state index in [0.29, 0.717) is 29.8 Å². The number of nitrogens with zero attached hydrogens (tertiary/aromatic N) is 2. The first-order valence-corrected chi connectivity index (χ1v) is 10.2. The Balaban J connectivity index is 1.48. The first-order valence-electron chi connectivity index (χ1n) is 10.2. The van der Waals surface area contributed by atoms with Gasteiger partial charge < -0.3 is 14.1 Å². The molecule has 1 aromatic heterocycles. The summed E-state index contributed by atoms with van der Waals surface area (Å²) in [5.74, 6) is -1.25. The van der Waals surface area contributed by atoms with Crippen LogP contribution in [0.15, 0.2) is 63.8 Å². The number of fused-ring (bicyclic) bond motifs is 1. The minimum Gasteiger partial charge on any atom is -0.447 e. The van der Waals surface area contributed by atoms with Crippen LogP contribution < -0.4 is 5.76 Å². The van der Waals surface area contributed by atoms with Gasteiger partial charge in [0.05, 0.1) is 11.9 Å². The summed E-state index contributed by atoms with van der Waals surface area (Å²) in [7, 11) is 0. The second-order valence-electron chi connectivity index (χ2n) is 7.40. The largest absolute Gasteiger partial charge is 0.447 e. The number of oxazole rings is 1. The van der Waals surface area contributed by atoms with Gasteiger partial charge in [0.15, 0.2) is 5.58 Å². The summed E-state index contributed by atoms with van der Waals surface area (Å²) in [6, 6.07) is 16.1. The Hall–Kier alpha value is -3.35. The molecule has 2 heterocycles. The standard InChI is InChI=1S/C23H24N2O5/c26-20(13-16-25-18-11-5-6-12-19(18)29-23(25)28)30-21(17-9-3-1-4-10-17)22(27)24-14-7-2-8-15-24/h1,3-6,9-12,21H,2,7-8,13-16H2/t21-/m1/s1. The van der Waals surface area contributed by atoms with Gasteiger partial charge in [-0.2, -0.15) is 0 Å². The van der Waals surface area contributed by atoms with Gasteiger partial charge >= 0.3 is 11.7 Å². The first-order chi connectivity index (χ1) is 14.6. The van der Waals surface area contributed by atoms with Crippen molar-refractivity contribution in [1.82, 2.24) is 9.47 Å². The maximum atomic E-state index is 13.1. The number of aromatic nitrogens is 1. The van der Waals surface area contributed by atoms with Crippen LogP contribution in [0.25, 0.3) is 11.1 Å². The average molecular weight is 408 g/mol. The van der Waals surface area contributed by atoms with Crippen molar-refractivity contribution in [3.63, 3.8) is 0 Å². The first kappa shape index (κ1) is 19.9. The van der Waals surface area contributed by atoms with Gasteiger partial charge in [-0.3, -0.25) is 14.2 Å². The van der Waals surface area contributed by atoms with Gasteiger partial charge in [-0.1, -0.05) is 42.5 Å². The molecule has 2 aromatic carbocycles. The molecule has 0 aliphatic carbocycles. The summed E-state index contributed by atoms with van der Waals surface area (Å²) in [6.07, 6.45) is 2.00. The van der Waals surface area contributed by atoms with Crippen molar-refractivity contribution in [2.24, 2.45) is 0 Å². The van der Waals surface area contributed by atoms with E-state index < -0.39 is 17.8 Å². The predicted molar refractivity (Wildman–Crippen MR) is 111 cm³/mol. The number of ether oxygens (including phenoxy) is 1. The van der Waals surface area contributed by atoms with E-state index in [9.17, 15) is 14.4 Å². The van der Waals surface area contributed by atoms with E-state index >= 15 is 0 Å². The highest BCUT2D eigenvalue weighted by Gasteiger charge is 2.30. The summed E-state index contributed by atoms with van der Waals surface area (Å²) in [5.41, 5.74) is 1.74. The molecule has 0 unspecified atom stereocenters. The second-order valence-corrected chi connectivity index (χ2v) is 7.40.